The summed E-state index contributed by atoms with van der Waals surface area (Å²) in [6.07, 6.45) is 3.32. The van der Waals surface area contributed by atoms with Crippen LogP contribution in [0.4, 0.5) is 0 Å². The fourth-order valence-corrected chi connectivity index (χ4v) is 2.85. The van der Waals surface area contributed by atoms with Gasteiger partial charge in [-0.15, -0.1) is 0 Å². The Bertz CT molecular complexity index is 667. The van der Waals surface area contributed by atoms with E-state index in [-0.39, 0.29) is 5.91 Å². The van der Waals surface area contributed by atoms with Crippen LogP contribution < -0.4 is 4.74 Å². The maximum Gasteiger partial charge on any atom is 0.254 e. The highest BCUT2D eigenvalue weighted by atomic mass is 16.5. The first-order valence-corrected chi connectivity index (χ1v) is 8.33. The van der Waals surface area contributed by atoms with E-state index in [1.54, 1.807) is 24.5 Å². The molecule has 1 fully saturated rings. The first-order chi connectivity index (χ1) is 11.7. The summed E-state index contributed by atoms with van der Waals surface area (Å²) in [6, 6.07) is 11.6. The second kappa shape index (κ2) is 7.93. The molecule has 126 valence electrons. The van der Waals surface area contributed by atoms with Crippen molar-refractivity contribution in [2.24, 2.45) is 0 Å². The highest BCUT2D eigenvalue weighted by molar-refractivity contribution is 5.94. The topological polar surface area (TPSA) is 45.7 Å². The number of hydrogen-bond acceptors (Lipinski definition) is 4. The molecular formula is C19H23N3O2. The van der Waals surface area contributed by atoms with Crippen molar-refractivity contribution in [2.45, 2.75) is 6.92 Å². The molecule has 1 saturated heterocycles. The van der Waals surface area contributed by atoms with Crippen LogP contribution in [0.15, 0.2) is 48.8 Å². The van der Waals surface area contributed by atoms with Gasteiger partial charge >= 0.3 is 0 Å². The maximum absolute atomic E-state index is 12.4. The van der Waals surface area contributed by atoms with Crippen LogP contribution in [0.2, 0.25) is 0 Å². The monoisotopic (exact) mass is 325 g/mol. The summed E-state index contributed by atoms with van der Waals surface area (Å²) in [5, 5.41) is 0. The Morgan fingerprint density at radius 1 is 1.12 bits per heavy atom. The van der Waals surface area contributed by atoms with E-state index in [0.29, 0.717) is 12.2 Å². The van der Waals surface area contributed by atoms with Gasteiger partial charge in [-0.05, 0) is 36.8 Å². The molecule has 1 aliphatic rings. The van der Waals surface area contributed by atoms with E-state index < -0.39 is 0 Å². The predicted molar refractivity (Wildman–Crippen MR) is 93.3 cm³/mol. The molecule has 0 aliphatic carbocycles. The molecule has 0 unspecified atom stereocenters. The lowest BCUT2D eigenvalue weighted by Crippen LogP contribution is -2.49. The number of carbonyl (C=O) groups excluding carboxylic acids is 1. The lowest BCUT2D eigenvalue weighted by Gasteiger charge is -2.34. The molecule has 0 atom stereocenters. The average Bonchev–Trinajstić information content (AvgIpc) is 2.63. The fraction of sp³-hybridized carbons (Fsp3) is 0.368. The molecule has 2 aromatic rings. The number of carbonyl (C=O) groups is 1. The van der Waals surface area contributed by atoms with E-state index in [9.17, 15) is 4.79 Å². The number of aromatic nitrogens is 1. The number of nitrogens with zero attached hydrogens (tertiary/aromatic N) is 3. The van der Waals surface area contributed by atoms with Crippen LogP contribution in [0.25, 0.3) is 0 Å². The Balaban J connectivity index is 1.41. The van der Waals surface area contributed by atoms with Gasteiger partial charge in [0.05, 0.1) is 0 Å². The van der Waals surface area contributed by atoms with E-state index in [4.69, 9.17) is 4.74 Å². The molecule has 0 saturated carbocycles. The minimum atomic E-state index is 0.0908. The van der Waals surface area contributed by atoms with Crippen LogP contribution in [-0.2, 0) is 0 Å². The van der Waals surface area contributed by atoms with E-state index >= 15 is 0 Å². The van der Waals surface area contributed by atoms with Crippen LogP contribution in [0.5, 0.6) is 5.75 Å². The maximum atomic E-state index is 12.4. The molecule has 0 spiro atoms. The SMILES string of the molecule is Cc1cccc(OCCN2CCN(C(=O)c3ccncc3)CC2)c1. The van der Waals surface area contributed by atoms with Gasteiger partial charge in [-0.3, -0.25) is 14.7 Å². The third kappa shape index (κ3) is 4.32. The van der Waals surface area contributed by atoms with Crippen molar-refractivity contribution in [1.29, 1.82) is 0 Å². The Morgan fingerprint density at radius 3 is 2.58 bits per heavy atom. The average molecular weight is 325 g/mol. The summed E-state index contributed by atoms with van der Waals surface area (Å²) in [6.45, 7) is 6.89. The van der Waals surface area contributed by atoms with Crippen LogP contribution in [-0.4, -0.2) is 60.0 Å². The minimum absolute atomic E-state index is 0.0908. The van der Waals surface area contributed by atoms with Gasteiger partial charge in [-0.25, -0.2) is 0 Å². The van der Waals surface area contributed by atoms with Crippen molar-refractivity contribution in [2.75, 3.05) is 39.3 Å². The molecule has 1 aromatic heterocycles. The fourth-order valence-electron chi connectivity index (χ4n) is 2.85. The number of benzene rings is 1. The minimum Gasteiger partial charge on any atom is -0.492 e. The summed E-state index contributed by atoms with van der Waals surface area (Å²) in [5.41, 5.74) is 1.91. The normalized spacial score (nSPS) is 15.3. The van der Waals surface area contributed by atoms with Gasteiger partial charge in [0.25, 0.3) is 5.91 Å². The van der Waals surface area contributed by atoms with Crippen LogP contribution in [0.1, 0.15) is 15.9 Å². The number of aryl methyl sites for hydroxylation is 1. The molecule has 1 amide bonds. The van der Waals surface area contributed by atoms with Gasteiger partial charge in [0.15, 0.2) is 0 Å². The second-order valence-corrected chi connectivity index (χ2v) is 6.03. The molecule has 0 bridgehead atoms. The summed E-state index contributed by atoms with van der Waals surface area (Å²) in [7, 11) is 0. The third-order valence-corrected chi connectivity index (χ3v) is 4.25. The molecule has 0 N–H and O–H groups in total. The van der Waals surface area contributed by atoms with Crippen molar-refractivity contribution in [3.63, 3.8) is 0 Å². The third-order valence-electron chi connectivity index (χ3n) is 4.25. The first kappa shape index (κ1) is 16.5. The number of hydrogen-bond donors (Lipinski definition) is 0. The van der Waals surface area contributed by atoms with Gasteiger partial charge in [0.1, 0.15) is 12.4 Å². The lowest BCUT2D eigenvalue weighted by atomic mass is 10.2. The molecular weight excluding hydrogens is 302 g/mol. The molecule has 24 heavy (non-hydrogen) atoms. The highest BCUT2D eigenvalue weighted by Crippen LogP contribution is 2.13. The number of pyridine rings is 1. The smallest absolute Gasteiger partial charge is 0.254 e. The highest BCUT2D eigenvalue weighted by Gasteiger charge is 2.21. The van der Waals surface area contributed by atoms with Crippen molar-refractivity contribution >= 4 is 5.91 Å². The first-order valence-electron chi connectivity index (χ1n) is 8.33. The van der Waals surface area contributed by atoms with Gasteiger partial charge in [-0.2, -0.15) is 0 Å². The quantitative estimate of drug-likeness (QED) is 0.846. The summed E-state index contributed by atoms with van der Waals surface area (Å²) < 4.78 is 5.80. The Morgan fingerprint density at radius 2 is 1.88 bits per heavy atom. The molecule has 2 heterocycles. The molecule has 0 radical (unpaired) electrons. The molecule has 1 aliphatic heterocycles. The Kier molecular flexibility index (Phi) is 5.43. The number of ether oxygens (including phenoxy) is 1. The lowest BCUT2D eigenvalue weighted by molar-refractivity contribution is 0.0620. The molecule has 3 rings (SSSR count). The standard InChI is InChI=1S/C19H23N3O2/c1-16-3-2-4-18(15-16)24-14-13-21-9-11-22(12-10-21)19(23)17-5-7-20-8-6-17/h2-8,15H,9-14H2,1H3. The zero-order valence-corrected chi connectivity index (χ0v) is 14.0. The second-order valence-electron chi connectivity index (χ2n) is 6.03. The zero-order chi connectivity index (χ0) is 16.8. The van der Waals surface area contributed by atoms with Crippen LogP contribution >= 0.6 is 0 Å². The largest absolute Gasteiger partial charge is 0.492 e. The molecule has 5 heteroatoms. The van der Waals surface area contributed by atoms with Crippen LogP contribution in [0, 0.1) is 6.92 Å². The summed E-state index contributed by atoms with van der Waals surface area (Å²) >= 11 is 0. The van der Waals surface area contributed by atoms with Crippen molar-refractivity contribution < 1.29 is 9.53 Å². The van der Waals surface area contributed by atoms with Gasteiger partial charge in [0, 0.05) is 50.7 Å². The Hall–Kier alpha value is -2.40. The van der Waals surface area contributed by atoms with Crippen molar-refractivity contribution in [3.8, 4) is 5.75 Å². The van der Waals surface area contributed by atoms with E-state index in [1.807, 2.05) is 23.1 Å². The van der Waals surface area contributed by atoms with Crippen molar-refractivity contribution in [3.05, 3.63) is 59.9 Å². The van der Waals surface area contributed by atoms with Crippen molar-refractivity contribution in [1.82, 2.24) is 14.8 Å². The molecule has 5 nitrogen and oxygen atoms in total. The number of amides is 1. The van der Waals surface area contributed by atoms with E-state index in [2.05, 4.69) is 22.9 Å². The van der Waals surface area contributed by atoms with Crippen LogP contribution in [0.3, 0.4) is 0 Å². The van der Waals surface area contributed by atoms with Gasteiger partial charge in [0.2, 0.25) is 0 Å². The Labute approximate surface area is 142 Å². The van der Waals surface area contributed by atoms with E-state index in [1.165, 1.54) is 5.56 Å². The predicted octanol–water partition coefficient (Wildman–Crippen LogP) is 2.23. The summed E-state index contributed by atoms with van der Waals surface area (Å²) in [4.78, 5) is 20.6. The van der Waals surface area contributed by atoms with E-state index in [0.717, 1.165) is 38.5 Å². The molecule has 1 aromatic carbocycles. The number of piperazine rings is 1. The zero-order valence-electron chi connectivity index (χ0n) is 14.0. The summed E-state index contributed by atoms with van der Waals surface area (Å²) in [5.74, 6) is 1.01. The number of rotatable bonds is 5. The van der Waals surface area contributed by atoms with Gasteiger partial charge < -0.3 is 9.64 Å². The van der Waals surface area contributed by atoms with Gasteiger partial charge in [-0.1, -0.05) is 12.1 Å².